The molecule has 0 saturated carbocycles. The second-order valence-electron chi connectivity index (χ2n) is 9.30. The van der Waals surface area contributed by atoms with Gasteiger partial charge in [0.1, 0.15) is 13.8 Å². The van der Waals surface area contributed by atoms with E-state index in [1.54, 1.807) is 24.2 Å². The Bertz CT molecular complexity index is 655. The van der Waals surface area contributed by atoms with Crippen LogP contribution in [0.15, 0.2) is 12.3 Å². The average Bonchev–Trinajstić information content (AvgIpc) is 2.50. The molecule has 0 spiro atoms. The van der Waals surface area contributed by atoms with Gasteiger partial charge in [-0.05, 0) is 54.7 Å². The van der Waals surface area contributed by atoms with Gasteiger partial charge in [-0.25, -0.2) is 9.97 Å². The number of amides is 1. The van der Waals surface area contributed by atoms with Crippen LogP contribution < -0.4 is 5.32 Å². The summed E-state index contributed by atoms with van der Waals surface area (Å²) in [7, 11) is 2.26. The smallest absolute Gasteiger partial charge is 0.291 e. The van der Waals surface area contributed by atoms with Gasteiger partial charge in [-0.3, -0.25) is 4.79 Å². The predicted octanol–water partition coefficient (Wildman–Crippen LogP) is 3.58. The number of hydrogen-bond donors (Lipinski definition) is 1. The number of hydrogen-bond acceptors (Lipinski definition) is 4. The van der Waals surface area contributed by atoms with Gasteiger partial charge in [-0.15, -0.1) is 5.54 Å². The molecular formula is C20H36N4OSi. The molecule has 0 fully saturated rings. The minimum absolute atomic E-state index is 0.186. The highest BCUT2D eigenvalue weighted by atomic mass is 28.3. The van der Waals surface area contributed by atoms with Gasteiger partial charge in [0.2, 0.25) is 5.82 Å². The molecule has 6 heteroatoms. The summed E-state index contributed by atoms with van der Waals surface area (Å²) in [4.78, 5) is 22.3. The molecule has 1 aromatic rings. The number of nitrogens with one attached hydrogen (secondary N) is 1. The fourth-order valence-electron chi connectivity index (χ4n) is 1.24. The monoisotopic (exact) mass is 376 g/mol. The van der Waals surface area contributed by atoms with E-state index in [0.717, 1.165) is 0 Å². The van der Waals surface area contributed by atoms with Crippen LogP contribution in [0.5, 0.6) is 0 Å². The van der Waals surface area contributed by atoms with Crippen LogP contribution in [0.3, 0.4) is 0 Å². The van der Waals surface area contributed by atoms with Crippen molar-refractivity contribution in [3.8, 4) is 11.5 Å². The van der Waals surface area contributed by atoms with Gasteiger partial charge in [0, 0.05) is 24.3 Å². The Kier molecular flexibility index (Phi) is 8.68. The number of aromatic nitrogens is 2. The Morgan fingerprint density at radius 3 is 2.04 bits per heavy atom. The number of rotatable bonds is 1. The maximum absolute atomic E-state index is 12.3. The van der Waals surface area contributed by atoms with Crippen LogP contribution in [-0.4, -0.2) is 54.0 Å². The van der Waals surface area contributed by atoms with Crippen molar-refractivity contribution in [2.45, 2.75) is 72.3 Å². The van der Waals surface area contributed by atoms with Crippen LogP contribution in [-0.2, 0) is 0 Å². The van der Waals surface area contributed by atoms with E-state index in [-0.39, 0.29) is 17.3 Å². The summed E-state index contributed by atoms with van der Waals surface area (Å²) in [5, 5.41) is 3.10. The van der Waals surface area contributed by atoms with Crippen molar-refractivity contribution in [1.29, 1.82) is 0 Å². The molecule has 0 aliphatic carbocycles. The Hall–Kier alpha value is -1.71. The van der Waals surface area contributed by atoms with Crippen LogP contribution in [0.4, 0.5) is 0 Å². The normalized spacial score (nSPS) is 11.7. The van der Waals surface area contributed by atoms with E-state index in [9.17, 15) is 4.79 Å². The third kappa shape index (κ3) is 10.3. The van der Waals surface area contributed by atoms with Gasteiger partial charge >= 0.3 is 0 Å². The lowest BCUT2D eigenvalue weighted by Gasteiger charge is -2.31. The van der Waals surface area contributed by atoms with Gasteiger partial charge in [-0.1, -0.05) is 25.6 Å². The van der Waals surface area contributed by atoms with Crippen molar-refractivity contribution in [3.63, 3.8) is 0 Å². The first-order valence-electron chi connectivity index (χ1n) is 8.90. The highest BCUT2D eigenvalue weighted by Crippen LogP contribution is 2.13. The molecule has 1 N–H and O–H groups in total. The van der Waals surface area contributed by atoms with Crippen molar-refractivity contribution in [2.24, 2.45) is 0 Å². The number of carbonyl (C=O) groups is 1. The van der Waals surface area contributed by atoms with Crippen LogP contribution in [0.2, 0.25) is 19.6 Å². The molecular weight excluding hydrogens is 340 g/mol. The minimum Gasteiger partial charge on any atom is -0.334 e. The Morgan fingerprint density at radius 1 is 1.15 bits per heavy atom. The molecule has 0 radical (unpaired) electrons. The van der Waals surface area contributed by atoms with Crippen molar-refractivity contribution in [1.82, 2.24) is 20.2 Å². The Balaban J connectivity index is 0.000000896. The zero-order chi connectivity index (χ0) is 20.8. The van der Waals surface area contributed by atoms with Crippen LogP contribution in [0.25, 0.3) is 0 Å². The molecule has 0 bridgehead atoms. The highest BCUT2D eigenvalue weighted by molar-refractivity contribution is 6.83. The lowest BCUT2D eigenvalue weighted by molar-refractivity contribution is 0.0643. The number of nitrogens with zero attached hydrogens (tertiary/aromatic N) is 3. The maximum Gasteiger partial charge on any atom is 0.291 e. The first-order chi connectivity index (χ1) is 11.6. The molecule has 0 aliphatic rings. The molecule has 1 aromatic heterocycles. The molecule has 0 unspecified atom stereocenters. The minimum atomic E-state index is -1.45. The van der Waals surface area contributed by atoms with Crippen LogP contribution in [0.1, 0.15) is 57.9 Å². The van der Waals surface area contributed by atoms with Crippen LogP contribution >= 0.6 is 0 Å². The van der Waals surface area contributed by atoms with Crippen molar-refractivity contribution < 1.29 is 4.79 Å². The Morgan fingerprint density at radius 2 is 1.65 bits per heavy atom. The highest BCUT2D eigenvalue weighted by Gasteiger charge is 2.25. The standard InChI is InChI=1S/C15H23N3OSi.C5H13N/c1-15(2,3)18(4)14(19)13-16-10-8-12(17-13)9-11-20(5,6)7;1-5(2,3)6-4/h8,10H,1-7H3;6H,1-4H3. The fraction of sp³-hybridized carbons (Fsp3) is 0.650. The summed E-state index contributed by atoms with van der Waals surface area (Å²) < 4.78 is 0. The van der Waals surface area contributed by atoms with Gasteiger partial charge in [0.15, 0.2) is 0 Å². The third-order valence-electron chi connectivity index (χ3n) is 3.47. The first-order valence-corrected chi connectivity index (χ1v) is 12.4. The molecule has 1 heterocycles. The molecule has 1 rings (SSSR count). The summed E-state index contributed by atoms with van der Waals surface area (Å²) in [5.74, 6) is 3.06. The molecule has 0 aliphatic heterocycles. The van der Waals surface area contributed by atoms with E-state index in [1.807, 2.05) is 27.8 Å². The topological polar surface area (TPSA) is 58.1 Å². The third-order valence-corrected chi connectivity index (χ3v) is 4.35. The summed E-state index contributed by atoms with van der Waals surface area (Å²) >= 11 is 0. The predicted molar refractivity (Wildman–Crippen MR) is 113 cm³/mol. The Labute approximate surface area is 161 Å². The summed E-state index contributed by atoms with van der Waals surface area (Å²) in [5.41, 5.74) is 3.87. The summed E-state index contributed by atoms with van der Waals surface area (Å²) in [6, 6.07) is 1.74. The molecule has 1 amide bonds. The van der Waals surface area contributed by atoms with E-state index in [4.69, 9.17) is 0 Å². The average molecular weight is 377 g/mol. The SMILES string of the molecule is CN(C(=O)c1nccc(C#C[Si](C)(C)C)n1)C(C)(C)C.CNC(C)(C)C. The summed E-state index contributed by atoms with van der Waals surface area (Å²) in [6.07, 6.45) is 1.59. The lowest BCUT2D eigenvalue weighted by atomic mass is 10.1. The van der Waals surface area contributed by atoms with E-state index in [2.05, 4.69) is 67.2 Å². The van der Waals surface area contributed by atoms with E-state index < -0.39 is 8.07 Å². The molecule has 26 heavy (non-hydrogen) atoms. The van der Waals surface area contributed by atoms with Gasteiger partial charge in [-0.2, -0.15) is 0 Å². The number of carbonyl (C=O) groups excluding carboxylic acids is 1. The largest absolute Gasteiger partial charge is 0.334 e. The lowest BCUT2D eigenvalue weighted by Crippen LogP contribution is -2.43. The molecule has 0 aromatic carbocycles. The van der Waals surface area contributed by atoms with E-state index in [1.165, 1.54) is 0 Å². The fourth-order valence-corrected chi connectivity index (χ4v) is 1.74. The zero-order valence-electron chi connectivity index (χ0n) is 18.4. The first kappa shape index (κ1) is 24.3. The molecule has 0 atom stereocenters. The van der Waals surface area contributed by atoms with Crippen molar-refractivity contribution in [2.75, 3.05) is 14.1 Å². The second-order valence-corrected chi connectivity index (χ2v) is 14.1. The molecule has 5 nitrogen and oxygen atoms in total. The van der Waals surface area contributed by atoms with Crippen molar-refractivity contribution in [3.05, 3.63) is 23.8 Å². The van der Waals surface area contributed by atoms with Gasteiger partial charge in [0.05, 0.1) is 0 Å². The van der Waals surface area contributed by atoms with Crippen LogP contribution in [0, 0.1) is 11.5 Å². The van der Waals surface area contributed by atoms with E-state index in [0.29, 0.717) is 11.2 Å². The summed E-state index contributed by atoms with van der Waals surface area (Å²) in [6.45, 7) is 18.8. The molecule has 0 saturated heterocycles. The quantitative estimate of drug-likeness (QED) is 0.601. The maximum atomic E-state index is 12.3. The second kappa shape index (κ2) is 9.29. The van der Waals surface area contributed by atoms with Gasteiger partial charge < -0.3 is 10.2 Å². The molecule has 146 valence electrons. The zero-order valence-corrected chi connectivity index (χ0v) is 19.4. The van der Waals surface area contributed by atoms with Gasteiger partial charge in [0.25, 0.3) is 5.91 Å². The van der Waals surface area contributed by atoms with E-state index >= 15 is 0 Å². The van der Waals surface area contributed by atoms with Crippen molar-refractivity contribution >= 4 is 14.0 Å².